The van der Waals surface area contributed by atoms with Gasteiger partial charge in [0.15, 0.2) is 0 Å². The number of phenols is 1. The van der Waals surface area contributed by atoms with Gasteiger partial charge in [-0.15, -0.1) is 0 Å². The van der Waals surface area contributed by atoms with Crippen molar-refractivity contribution in [3.63, 3.8) is 0 Å². The van der Waals surface area contributed by atoms with Crippen LogP contribution in [0.1, 0.15) is 21.5 Å². The van der Waals surface area contributed by atoms with Gasteiger partial charge >= 0.3 is 0 Å². The number of aromatic nitrogens is 4. The lowest BCUT2D eigenvalue weighted by Crippen LogP contribution is -2.31. The van der Waals surface area contributed by atoms with Crippen molar-refractivity contribution in [1.29, 1.82) is 0 Å². The summed E-state index contributed by atoms with van der Waals surface area (Å²) >= 11 is 0. The number of rotatable bonds is 10. The van der Waals surface area contributed by atoms with Crippen molar-refractivity contribution in [1.82, 2.24) is 30.0 Å². The Balaban J connectivity index is 1.38. The Kier molecular flexibility index (Phi) is 7.50. The molecule has 10 nitrogen and oxygen atoms in total. The number of hydrogen-bond acceptors (Lipinski definition) is 8. The monoisotopic (exact) mass is 512 g/mol. The number of likely N-dealkylation sites (N-methyl/N-ethyl adjacent to an activating group) is 1. The van der Waals surface area contributed by atoms with Crippen molar-refractivity contribution in [2.75, 3.05) is 44.4 Å². The minimum Gasteiger partial charge on any atom is -0.508 e. The van der Waals surface area contributed by atoms with Crippen LogP contribution in [0.4, 0.5) is 17.5 Å². The smallest absolute Gasteiger partial charge is 0.251 e. The van der Waals surface area contributed by atoms with E-state index in [4.69, 9.17) is 4.98 Å². The highest BCUT2D eigenvalue weighted by atomic mass is 16.3. The molecule has 4 N–H and O–H groups in total. The van der Waals surface area contributed by atoms with E-state index in [1.165, 1.54) is 0 Å². The van der Waals surface area contributed by atoms with Crippen LogP contribution in [0.3, 0.4) is 0 Å². The molecule has 0 aliphatic carbocycles. The Morgan fingerprint density at radius 3 is 2.84 bits per heavy atom. The lowest BCUT2D eigenvalue weighted by molar-refractivity contribution is 0.0946. The number of nitrogens with zero attached hydrogens (tertiary/aromatic N) is 5. The van der Waals surface area contributed by atoms with E-state index in [0.717, 1.165) is 47.5 Å². The Morgan fingerprint density at radius 1 is 1.13 bits per heavy atom. The van der Waals surface area contributed by atoms with Gasteiger partial charge in [-0.25, -0.2) is 4.98 Å². The lowest BCUT2D eigenvalue weighted by Gasteiger charge is -2.17. The molecule has 0 bridgehead atoms. The summed E-state index contributed by atoms with van der Waals surface area (Å²) in [5.74, 6) is 1.35. The molecule has 1 aliphatic heterocycles. The quantitative estimate of drug-likeness (QED) is 0.256. The van der Waals surface area contributed by atoms with Crippen molar-refractivity contribution in [2.24, 2.45) is 0 Å². The molecule has 0 spiro atoms. The maximum atomic E-state index is 12.1. The van der Waals surface area contributed by atoms with Gasteiger partial charge < -0.3 is 26.0 Å². The van der Waals surface area contributed by atoms with Gasteiger partial charge in [-0.2, -0.15) is 10.1 Å². The van der Waals surface area contributed by atoms with E-state index in [0.29, 0.717) is 36.8 Å². The largest absolute Gasteiger partial charge is 0.508 e. The Hall–Kier alpha value is -4.44. The molecule has 38 heavy (non-hydrogen) atoms. The highest BCUT2D eigenvalue weighted by Crippen LogP contribution is 2.28. The number of anilines is 3. The van der Waals surface area contributed by atoms with Crippen molar-refractivity contribution >= 4 is 23.4 Å². The third-order valence-corrected chi connectivity index (χ3v) is 6.47. The molecule has 0 saturated carbocycles. The second kappa shape index (κ2) is 11.3. The van der Waals surface area contributed by atoms with Gasteiger partial charge in [0.25, 0.3) is 5.91 Å². The highest BCUT2D eigenvalue weighted by molar-refractivity contribution is 5.97. The van der Waals surface area contributed by atoms with Gasteiger partial charge in [0, 0.05) is 54.4 Å². The SMILES string of the molecule is CN(C)CCn1cc(-c2cnc(Nc3ccc4c(c3)CCNC4=O)nc2NCCc2ccccc2O)cn1. The summed E-state index contributed by atoms with van der Waals surface area (Å²) in [5.41, 5.74) is 5.15. The van der Waals surface area contributed by atoms with Crippen LogP contribution in [-0.2, 0) is 19.4 Å². The summed E-state index contributed by atoms with van der Waals surface area (Å²) < 4.78 is 1.91. The number of carbonyl (C=O) groups excluding carboxylic acids is 1. The first-order valence-electron chi connectivity index (χ1n) is 12.7. The maximum absolute atomic E-state index is 12.1. The normalized spacial score (nSPS) is 12.8. The predicted octanol–water partition coefficient (Wildman–Crippen LogP) is 3.29. The summed E-state index contributed by atoms with van der Waals surface area (Å²) in [4.78, 5) is 23.6. The first kappa shape index (κ1) is 25.2. The van der Waals surface area contributed by atoms with E-state index in [-0.39, 0.29) is 11.7 Å². The molecule has 2 aromatic heterocycles. The minimum absolute atomic E-state index is 0.0412. The van der Waals surface area contributed by atoms with Crippen molar-refractivity contribution in [3.8, 4) is 16.9 Å². The molecule has 1 aliphatic rings. The van der Waals surface area contributed by atoms with Crippen molar-refractivity contribution < 1.29 is 9.90 Å². The van der Waals surface area contributed by atoms with E-state index in [1.54, 1.807) is 12.3 Å². The summed E-state index contributed by atoms with van der Waals surface area (Å²) in [7, 11) is 4.07. The third-order valence-electron chi connectivity index (χ3n) is 6.47. The third kappa shape index (κ3) is 5.92. The van der Waals surface area contributed by atoms with Gasteiger partial charge in [-0.05, 0) is 62.3 Å². The number of aromatic hydroxyl groups is 1. The van der Waals surface area contributed by atoms with Crippen LogP contribution in [-0.4, -0.2) is 69.4 Å². The zero-order valence-electron chi connectivity index (χ0n) is 21.6. The van der Waals surface area contributed by atoms with Crippen LogP contribution in [0.5, 0.6) is 5.75 Å². The number of para-hydroxylation sites is 1. The molecule has 5 rings (SSSR count). The van der Waals surface area contributed by atoms with Crippen LogP contribution in [0.15, 0.2) is 61.1 Å². The van der Waals surface area contributed by atoms with Gasteiger partial charge in [0.1, 0.15) is 11.6 Å². The van der Waals surface area contributed by atoms with Crippen molar-refractivity contribution in [3.05, 3.63) is 77.7 Å². The van der Waals surface area contributed by atoms with Gasteiger partial charge in [0.05, 0.1) is 12.7 Å². The number of amides is 1. The molecular formula is C28H32N8O2. The standard InChI is InChI=1S/C28H32N8O2/c1-35(2)13-14-36-18-21(16-32-36)24-17-31-28(33-22-7-8-23-20(15-22)10-12-30-27(23)38)34-26(24)29-11-9-19-5-3-4-6-25(19)37/h3-8,15-18,37H,9-14H2,1-2H3,(H,30,38)(H2,29,31,33,34). The molecule has 2 aromatic carbocycles. The summed E-state index contributed by atoms with van der Waals surface area (Å²) in [6.07, 6.45) is 7.03. The lowest BCUT2D eigenvalue weighted by atomic mass is 10.00. The fourth-order valence-electron chi connectivity index (χ4n) is 4.39. The zero-order valence-corrected chi connectivity index (χ0v) is 21.6. The Labute approximate surface area is 221 Å². The molecule has 0 atom stereocenters. The van der Waals surface area contributed by atoms with Crippen LogP contribution >= 0.6 is 0 Å². The van der Waals surface area contributed by atoms with E-state index < -0.39 is 0 Å². The Morgan fingerprint density at radius 2 is 2.00 bits per heavy atom. The Bertz CT molecular complexity index is 1430. The fraction of sp³-hybridized carbons (Fsp3) is 0.286. The van der Waals surface area contributed by atoms with Gasteiger partial charge in [0.2, 0.25) is 5.95 Å². The highest BCUT2D eigenvalue weighted by Gasteiger charge is 2.17. The summed E-state index contributed by atoms with van der Waals surface area (Å²) in [5, 5.41) is 24.2. The van der Waals surface area contributed by atoms with E-state index >= 15 is 0 Å². The second-order valence-electron chi connectivity index (χ2n) is 9.56. The zero-order chi connectivity index (χ0) is 26.5. The molecule has 3 heterocycles. The van der Waals surface area contributed by atoms with E-state index in [9.17, 15) is 9.90 Å². The topological polar surface area (TPSA) is 120 Å². The molecule has 0 radical (unpaired) electrons. The van der Waals surface area contributed by atoms with Crippen LogP contribution in [0, 0.1) is 0 Å². The first-order valence-corrected chi connectivity index (χ1v) is 12.7. The van der Waals surface area contributed by atoms with Crippen LogP contribution in [0.25, 0.3) is 11.1 Å². The second-order valence-corrected chi connectivity index (χ2v) is 9.56. The molecule has 196 valence electrons. The van der Waals surface area contributed by atoms with Gasteiger partial charge in [-0.3, -0.25) is 9.48 Å². The van der Waals surface area contributed by atoms with Gasteiger partial charge in [-0.1, -0.05) is 18.2 Å². The van der Waals surface area contributed by atoms with E-state index in [2.05, 4.69) is 30.9 Å². The fourth-order valence-corrected chi connectivity index (χ4v) is 4.39. The number of carbonyl (C=O) groups is 1. The molecule has 4 aromatic rings. The van der Waals surface area contributed by atoms with E-state index in [1.807, 2.05) is 67.6 Å². The number of fused-ring (bicyclic) bond motifs is 1. The summed E-state index contributed by atoms with van der Waals surface area (Å²) in [6.45, 7) is 2.87. The molecule has 0 saturated heterocycles. The number of phenolic OH excluding ortho intramolecular Hbond substituents is 1. The molecule has 1 amide bonds. The maximum Gasteiger partial charge on any atom is 0.251 e. The number of hydrogen-bond donors (Lipinski definition) is 4. The molecule has 10 heteroatoms. The van der Waals surface area contributed by atoms with Crippen molar-refractivity contribution in [2.45, 2.75) is 19.4 Å². The summed E-state index contributed by atoms with van der Waals surface area (Å²) in [6, 6.07) is 13.0. The van der Waals surface area contributed by atoms with Crippen LogP contribution in [0.2, 0.25) is 0 Å². The molecule has 0 unspecified atom stereocenters. The average molecular weight is 513 g/mol. The minimum atomic E-state index is -0.0412. The number of nitrogens with one attached hydrogen (secondary N) is 3. The molecular weight excluding hydrogens is 480 g/mol. The molecule has 0 fully saturated rings. The van der Waals surface area contributed by atoms with Crippen LogP contribution < -0.4 is 16.0 Å². The number of benzene rings is 2. The first-order chi connectivity index (χ1) is 18.5. The average Bonchev–Trinajstić information content (AvgIpc) is 3.38. The predicted molar refractivity (Wildman–Crippen MR) is 148 cm³/mol.